The number of hydrogen-bond donors (Lipinski definition) is 0. The third-order valence-electron chi connectivity index (χ3n) is 4.33. The molecule has 1 heterocycles. The minimum atomic E-state index is -0.517. The minimum absolute atomic E-state index is 0.268. The average molecular weight is 405 g/mol. The molecule has 0 radical (unpaired) electrons. The van der Waals surface area contributed by atoms with Gasteiger partial charge >= 0.3 is 5.97 Å². The first-order valence-corrected chi connectivity index (χ1v) is 9.30. The lowest BCUT2D eigenvalue weighted by Gasteiger charge is -2.09. The molecule has 0 saturated heterocycles. The van der Waals surface area contributed by atoms with E-state index in [1.165, 1.54) is 4.68 Å². The van der Waals surface area contributed by atoms with E-state index in [0.29, 0.717) is 27.7 Å². The standard InChI is InChI=1S/C23H17ClN2O3/c1-28-18-11-7-10-17(14-18)23(27)29-22-15-20(16-8-3-2-4-9-16)25-26(22)21-13-6-5-12-19(21)24/h2-15H,1H3. The van der Waals surface area contributed by atoms with Crippen LogP contribution in [0.15, 0.2) is 84.9 Å². The molecule has 6 heteroatoms. The maximum atomic E-state index is 12.7. The molecule has 0 aliphatic heterocycles. The van der Waals surface area contributed by atoms with E-state index in [9.17, 15) is 4.79 Å². The summed E-state index contributed by atoms with van der Waals surface area (Å²) in [5.41, 5.74) is 2.55. The van der Waals surface area contributed by atoms with Crippen molar-refractivity contribution in [2.75, 3.05) is 7.11 Å². The second kappa shape index (κ2) is 8.20. The molecule has 0 aliphatic rings. The lowest BCUT2D eigenvalue weighted by molar-refractivity contribution is 0.0722. The lowest BCUT2D eigenvalue weighted by atomic mass is 10.2. The largest absolute Gasteiger partial charge is 0.497 e. The molecule has 0 N–H and O–H groups in total. The van der Waals surface area contributed by atoms with Crippen LogP contribution in [-0.4, -0.2) is 22.9 Å². The lowest BCUT2D eigenvalue weighted by Crippen LogP contribution is -2.12. The van der Waals surface area contributed by atoms with E-state index >= 15 is 0 Å². The Bertz CT molecular complexity index is 1160. The van der Waals surface area contributed by atoms with E-state index < -0.39 is 5.97 Å². The quantitative estimate of drug-likeness (QED) is 0.417. The number of halogens is 1. The molecule has 0 amide bonds. The smallest absolute Gasteiger partial charge is 0.344 e. The molecule has 4 aromatic rings. The monoisotopic (exact) mass is 404 g/mol. The molecule has 0 fully saturated rings. The van der Waals surface area contributed by atoms with Crippen molar-refractivity contribution in [3.05, 3.63) is 95.5 Å². The van der Waals surface area contributed by atoms with Gasteiger partial charge in [-0.15, -0.1) is 0 Å². The highest BCUT2D eigenvalue weighted by Crippen LogP contribution is 2.30. The SMILES string of the molecule is COc1cccc(C(=O)Oc2cc(-c3ccccc3)nn2-c2ccccc2Cl)c1. The fraction of sp³-hybridized carbons (Fsp3) is 0.0435. The molecule has 0 aliphatic carbocycles. The highest BCUT2D eigenvalue weighted by molar-refractivity contribution is 6.32. The van der Waals surface area contributed by atoms with E-state index in [4.69, 9.17) is 21.1 Å². The van der Waals surface area contributed by atoms with Crippen molar-refractivity contribution < 1.29 is 14.3 Å². The number of carbonyl (C=O) groups is 1. The number of ether oxygens (including phenoxy) is 2. The average Bonchev–Trinajstić information content (AvgIpc) is 3.18. The molecule has 1 aromatic heterocycles. The first-order chi connectivity index (χ1) is 14.2. The van der Waals surface area contributed by atoms with Gasteiger partial charge in [0.05, 0.1) is 29.1 Å². The molecule has 0 saturated carbocycles. The minimum Gasteiger partial charge on any atom is -0.497 e. The summed E-state index contributed by atoms with van der Waals surface area (Å²) < 4.78 is 12.4. The topological polar surface area (TPSA) is 53.4 Å². The summed E-state index contributed by atoms with van der Waals surface area (Å²) in [7, 11) is 1.54. The van der Waals surface area contributed by atoms with Crippen molar-refractivity contribution in [1.82, 2.24) is 9.78 Å². The summed E-state index contributed by atoms with van der Waals surface area (Å²) >= 11 is 6.36. The van der Waals surface area contributed by atoms with Crippen LogP contribution in [0.25, 0.3) is 16.9 Å². The summed E-state index contributed by atoms with van der Waals surface area (Å²) in [6.45, 7) is 0. The molecule has 29 heavy (non-hydrogen) atoms. The van der Waals surface area contributed by atoms with Crippen molar-refractivity contribution >= 4 is 17.6 Å². The second-order valence-electron chi connectivity index (χ2n) is 6.22. The van der Waals surface area contributed by atoms with Crippen molar-refractivity contribution in [3.8, 4) is 28.6 Å². The number of para-hydroxylation sites is 1. The van der Waals surface area contributed by atoms with Gasteiger partial charge in [-0.3, -0.25) is 0 Å². The second-order valence-corrected chi connectivity index (χ2v) is 6.63. The summed E-state index contributed by atoms with van der Waals surface area (Å²) in [5.74, 6) is 0.325. The first-order valence-electron chi connectivity index (χ1n) is 8.92. The number of hydrogen-bond acceptors (Lipinski definition) is 4. The Morgan fingerprint density at radius 3 is 2.45 bits per heavy atom. The van der Waals surface area contributed by atoms with Crippen molar-refractivity contribution in [2.45, 2.75) is 0 Å². The molecule has 0 bridgehead atoms. The van der Waals surface area contributed by atoms with Gasteiger partial charge in [0.1, 0.15) is 5.75 Å². The molecule has 144 valence electrons. The zero-order valence-corrected chi connectivity index (χ0v) is 16.3. The van der Waals surface area contributed by atoms with Gasteiger partial charge in [0.2, 0.25) is 5.88 Å². The van der Waals surface area contributed by atoms with Gasteiger partial charge in [-0.05, 0) is 30.3 Å². The van der Waals surface area contributed by atoms with E-state index in [1.807, 2.05) is 48.5 Å². The third kappa shape index (κ3) is 4.00. The summed E-state index contributed by atoms with van der Waals surface area (Å²) in [6.07, 6.45) is 0. The number of benzene rings is 3. The summed E-state index contributed by atoms with van der Waals surface area (Å²) in [6, 6.07) is 25.4. The summed E-state index contributed by atoms with van der Waals surface area (Å²) in [4.78, 5) is 12.7. The van der Waals surface area contributed by atoms with Gasteiger partial charge in [-0.1, -0.05) is 60.1 Å². The van der Waals surface area contributed by atoms with Crippen LogP contribution in [0, 0.1) is 0 Å². The van der Waals surface area contributed by atoms with E-state index in [1.54, 1.807) is 43.5 Å². The molecule has 3 aromatic carbocycles. The predicted octanol–water partition coefficient (Wildman–Crippen LogP) is 5.42. The maximum absolute atomic E-state index is 12.7. The molecule has 0 spiro atoms. The van der Waals surface area contributed by atoms with Crippen LogP contribution in [-0.2, 0) is 0 Å². The first kappa shape index (κ1) is 18.8. The molecule has 4 rings (SSSR count). The van der Waals surface area contributed by atoms with Gasteiger partial charge in [0, 0.05) is 11.6 Å². The predicted molar refractivity (Wildman–Crippen MR) is 112 cm³/mol. The van der Waals surface area contributed by atoms with Gasteiger partial charge in [0.15, 0.2) is 0 Å². The van der Waals surface area contributed by atoms with E-state index in [2.05, 4.69) is 5.10 Å². The molecule has 0 unspecified atom stereocenters. The zero-order valence-electron chi connectivity index (χ0n) is 15.6. The number of aromatic nitrogens is 2. The molecular weight excluding hydrogens is 388 g/mol. The molecular formula is C23H17ClN2O3. The van der Waals surface area contributed by atoms with Crippen LogP contribution < -0.4 is 9.47 Å². The van der Waals surface area contributed by atoms with Crippen LogP contribution in [0.5, 0.6) is 11.6 Å². The van der Waals surface area contributed by atoms with Gasteiger partial charge in [-0.2, -0.15) is 9.78 Å². The number of methoxy groups -OCH3 is 1. The highest BCUT2D eigenvalue weighted by atomic mass is 35.5. The third-order valence-corrected chi connectivity index (χ3v) is 4.65. The maximum Gasteiger partial charge on any atom is 0.344 e. The van der Waals surface area contributed by atoms with Crippen LogP contribution >= 0.6 is 11.6 Å². The molecule has 0 atom stereocenters. The molecule has 5 nitrogen and oxygen atoms in total. The Hall–Kier alpha value is -3.57. The van der Waals surface area contributed by atoms with Crippen molar-refractivity contribution in [1.29, 1.82) is 0 Å². The Kier molecular flexibility index (Phi) is 5.31. The van der Waals surface area contributed by atoms with Crippen LogP contribution in [0.1, 0.15) is 10.4 Å². The van der Waals surface area contributed by atoms with E-state index in [0.717, 1.165) is 5.56 Å². The van der Waals surface area contributed by atoms with Gasteiger partial charge in [0.25, 0.3) is 0 Å². The number of esters is 1. The fourth-order valence-electron chi connectivity index (χ4n) is 2.89. The van der Waals surface area contributed by atoms with Crippen molar-refractivity contribution in [2.24, 2.45) is 0 Å². The number of rotatable bonds is 5. The Balaban J connectivity index is 1.76. The Morgan fingerprint density at radius 2 is 1.69 bits per heavy atom. The highest BCUT2D eigenvalue weighted by Gasteiger charge is 2.18. The zero-order chi connectivity index (χ0) is 20.2. The van der Waals surface area contributed by atoms with Gasteiger partial charge in [-0.25, -0.2) is 4.79 Å². The fourth-order valence-corrected chi connectivity index (χ4v) is 3.10. The Morgan fingerprint density at radius 1 is 0.931 bits per heavy atom. The number of nitrogens with zero attached hydrogens (tertiary/aromatic N) is 2. The van der Waals surface area contributed by atoms with E-state index in [-0.39, 0.29) is 5.88 Å². The normalized spacial score (nSPS) is 10.6. The van der Waals surface area contributed by atoms with Crippen LogP contribution in [0.2, 0.25) is 5.02 Å². The Labute approximate surface area is 173 Å². The van der Waals surface area contributed by atoms with Crippen LogP contribution in [0.3, 0.4) is 0 Å². The number of carbonyl (C=O) groups excluding carboxylic acids is 1. The van der Waals surface area contributed by atoms with Crippen molar-refractivity contribution in [3.63, 3.8) is 0 Å². The summed E-state index contributed by atoms with van der Waals surface area (Å²) in [5, 5.41) is 5.12. The van der Waals surface area contributed by atoms with Gasteiger partial charge < -0.3 is 9.47 Å². The van der Waals surface area contributed by atoms with Crippen LogP contribution in [0.4, 0.5) is 0 Å².